The fourth-order valence-corrected chi connectivity index (χ4v) is 3.65. The van der Waals surface area contributed by atoms with E-state index in [1.54, 1.807) is 0 Å². The van der Waals surface area contributed by atoms with Gasteiger partial charge in [-0.25, -0.2) is 0 Å². The molecule has 1 saturated carbocycles. The Labute approximate surface area is 95.2 Å². The van der Waals surface area contributed by atoms with Gasteiger partial charge >= 0.3 is 0 Å². The summed E-state index contributed by atoms with van der Waals surface area (Å²) in [4.78, 5) is 2.67. The highest BCUT2D eigenvalue weighted by molar-refractivity contribution is 5.01. The van der Waals surface area contributed by atoms with Gasteiger partial charge in [-0.3, -0.25) is 0 Å². The molecule has 1 nitrogen and oxygen atoms in total. The number of rotatable bonds is 0. The summed E-state index contributed by atoms with van der Waals surface area (Å²) in [5.74, 6) is 0.943. The van der Waals surface area contributed by atoms with Crippen molar-refractivity contribution in [2.24, 2.45) is 11.3 Å². The molecule has 2 atom stereocenters. The maximum absolute atomic E-state index is 2.67. The molecule has 2 fully saturated rings. The molecule has 0 bridgehead atoms. The van der Waals surface area contributed by atoms with E-state index < -0.39 is 0 Å². The van der Waals surface area contributed by atoms with E-state index in [1.807, 2.05) is 0 Å². The molecule has 2 rings (SSSR count). The van der Waals surface area contributed by atoms with Crippen LogP contribution in [0.2, 0.25) is 0 Å². The molecule has 1 saturated heterocycles. The zero-order chi connectivity index (χ0) is 11.1. The van der Waals surface area contributed by atoms with Crippen LogP contribution in [-0.2, 0) is 0 Å². The van der Waals surface area contributed by atoms with Crippen LogP contribution >= 0.6 is 0 Å². The van der Waals surface area contributed by atoms with E-state index in [9.17, 15) is 0 Å². The highest BCUT2D eigenvalue weighted by Gasteiger charge is 2.45. The Morgan fingerprint density at radius 1 is 1.13 bits per heavy atom. The normalized spacial score (nSPS) is 38.8. The molecule has 1 aliphatic carbocycles. The molecule has 0 amide bonds. The Bertz CT molecular complexity index is 228. The van der Waals surface area contributed by atoms with Crippen LogP contribution in [0, 0.1) is 11.3 Å². The van der Waals surface area contributed by atoms with Crippen molar-refractivity contribution >= 4 is 0 Å². The van der Waals surface area contributed by atoms with Crippen molar-refractivity contribution in [1.29, 1.82) is 0 Å². The summed E-state index contributed by atoms with van der Waals surface area (Å²) in [5.41, 5.74) is 1.11. The van der Waals surface area contributed by atoms with Crippen LogP contribution in [0.5, 0.6) is 0 Å². The monoisotopic (exact) mass is 209 g/mol. The largest absolute Gasteiger partial charge is 0.301 e. The van der Waals surface area contributed by atoms with Crippen LogP contribution in [-0.4, -0.2) is 24.0 Å². The Morgan fingerprint density at radius 3 is 2.40 bits per heavy atom. The predicted octanol–water partition coefficient (Wildman–Crippen LogP) is 3.69. The molecular formula is C14H27N. The van der Waals surface area contributed by atoms with Gasteiger partial charge in [0, 0.05) is 5.54 Å². The summed E-state index contributed by atoms with van der Waals surface area (Å²) in [5, 5.41) is 0. The van der Waals surface area contributed by atoms with Gasteiger partial charge in [0.05, 0.1) is 0 Å². The van der Waals surface area contributed by atoms with Crippen LogP contribution < -0.4 is 0 Å². The minimum atomic E-state index is 0.516. The van der Waals surface area contributed by atoms with Crippen molar-refractivity contribution in [3.63, 3.8) is 0 Å². The molecule has 0 aromatic rings. The number of nitrogens with zero attached hydrogens (tertiary/aromatic N) is 1. The third-order valence-corrected chi connectivity index (χ3v) is 5.00. The Balaban J connectivity index is 2.07. The first-order chi connectivity index (χ1) is 6.94. The molecule has 1 heteroatoms. The highest BCUT2D eigenvalue weighted by Crippen LogP contribution is 2.49. The first-order valence-electron chi connectivity index (χ1n) is 6.65. The number of hydrogen-bond donors (Lipinski definition) is 0. The summed E-state index contributed by atoms with van der Waals surface area (Å²) < 4.78 is 0. The number of piperidine rings is 1. The summed E-state index contributed by atoms with van der Waals surface area (Å²) in [6.07, 6.45) is 8.68. The van der Waals surface area contributed by atoms with Crippen LogP contribution in [0.25, 0.3) is 0 Å². The van der Waals surface area contributed by atoms with Crippen molar-refractivity contribution < 1.29 is 0 Å². The van der Waals surface area contributed by atoms with Crippen LogP contribution in [0.1, 0.15) is 59.3 Å². The molecule has 0 N–H and O–H groups in total. The lowest BCUT2D eigenvalue weighted by molar-refractivity contribution is 0.0673. The van der Waals surface area contributed by atoms with Gasteiger partial charge in [0.1, 0.15) is 0 Å². The summed E-state index contributed by atoms with van der Waals surface area (Å²) in [7, 11) is 2.35. The molecule has 15 heavy (non-hydrogen) atoms. The van der Waals surface area contributed by atoms with Crippen LogP contribution in [0.4, 0.5) is 0 Å². The second kappa shape index (κ2) is 3.76. The van der Waals surface area contributed by atoms with E-state index in [2.05, 4.69) is 32.7 Å². The van der Waals surface area contributed by atoms with Crippen molar-refractivity contribution in [3.05, 3.63) is 0 Å². The standard InChI is InChI=1S/C14H27N/c1-13(2,3)12-7-9-14(11-12)8-5-6-10-15(14)4/h12H,5-11H2,1-4H3. The smallest absolute Gasteiger partial charge is 0.0209 e. The second-order valence-corrected chi connectivity index (χ2v) is 6.91. The lowest BCUT2D eigenvalue weighted by Crippen LogP contribution is -2.48. The van der Waals surface area contributed by atoms with Crippen molar-refractivity contribution in [3.8, 4) is 0 Å². The molecule has 1 aliphatic heterocycles. The van der Waals surface area contributed by atoms with Crippen molar-refractivity contribution in [1.82, 2.24) is 4.90 Å². The van der Waals surface area contributed by atoms with Crippen LogP contribution in [0.3, 0.4) is 0 Å². The zero-order valence-electron chi connectivity index (χ0n) is 11.0. The van der Waals surface area contributed by atoms with Crippen molar-refractivity contribution in [2.75, 3.05) is 13.6 Å². The average Bonchev–Trinajstić information content (AvgIpc) is 2.55. The predicted molar refractivity (Wildman–Crippen MR) is 66.0 cm³/mol. The third-order valence-electron chi connectivity index (χ3n) is 5.00. The highest BCUT2D eigenvalue weighted by atomic mass is 15.2. The molecule has 2 aliphatic rings. The minimum absolute atomic E-state index is 0.516. The molecule has 2 unspecified atom stereocenters. The van der Waals surface area contributed by atoms with E-state index in [0.717, 1.165) is 5.92 Å². The summed E-state index contributed by atoms with van der Waals surface area (Å²) in [6.45, 7) is 8.58. The molecular weight excluding hydrogens is 182 g/mol. The number of hydrogen-bond acceptors (Lipinski definition) is 1. The van der Waals surface area contributed by atoms with Gasteiger partial charge in [0.15, 0.2) is 0 Å². The molecule has 1 heterocycles. The molecule has 0 aromatic carbocycles. The number of likely N-dealkylation sites (tertiary alicyclic amines) is 1. The molecule has 1 spiro atoms. The van der Waals surface area contributed by atoms with Crippen molar-refractivity contribution in [2.45, 2.75) is 64.8 Å². The summed E-state index contributed by atoms with van der Waals surface area (Å²) >= 11 is 0. The second-order valence-electron chi connectivity index (χ2n) is 6.91. The van der Waals surface area contributed by atoms with E-state index >= 15 is 0 Å². The maximum Gasteiger partial charge on any atom is 0.0209 e. The maximum atomic E-state index is 2.67. The van der Waals surface area contributed by atoms with E-state index in [-0.39, 0.29) is 0 Å². The Hall–Kier alpha value is -0.0400. The third kappa shape index (κ3) is 2.08. The quantitative estimate of drug-likeness (QED) is 0.588. The van der Waals surface area contributed by atoms with Gasteiger partial charge < -0.3 is 4.90 Å². The van der Waals surface area contributed by atoms with Crippen LogP contribution in [0.15, 0.2) is 0 Å². The van der Waals surface area contributed by atoms with Gasteiger partial charge in [-0.1, -0.05) is 27.2 Å². The fraction of sp³-hybridized carbons (Fsp3) is 1.00. The van der Waals surface area contributed by atoms with Gasteiger partial charge in [0.25, 0.3) is 0 Å². The minimum Gasteiger partial charge on any atom is -0.301 e. The first-order valence-corrected chi connectivity index (χ1v) is 6.65. The Kier molecular flexibility index (Phi) is 2.87. The Morgan fingerprint density at radius 2 is 1.87 bits per heavy atom. The lowest BCUT2D eigenvalue weighted by atomic mass is 9.77. The zero-order valence-corrected chi connectivity index (χ0v) is 11.0. The van der Waals surface area contributed by atoms with E-state index in [1.165, 1.54) is 45.1 Å². The topological polar surface area (TPSA) is 3.24 Å². The molecule has 88 valence electrons. The van der Waals surface area contributed by atoms with Gasteiger partial charge in [0.2, 0.25) is 0 Å². The molecule has 0 radical (unpaired) electrons. The van der Waals surface area contributed by atoms with E-state index in [0.29, 0.717) is 11.0 Å². The van der Waals surface area contributed by atoms with Gasteiger partial charge in [-0.2, -0.15) is 0 Å². The average molecular weight is 209 g/mol. The summed E-state index contributed by atoms with van der Waals surface area (Å²) in [6, 6.07) is 0. The van der Waals surface area contributed by atoms with E-state index in [4.69, 9.17) is 0 Å². The first kappa shape index (κ1) is 11.4. The molecule has 0 aromatic heterocycles. The fourth-order valence-electron chi connectivity index (χ4n) is 3.65. The van der Waals surface area contributed by atoms with Gasteiger partial charge in [-0.05, 0) is 57.0 Å². The van der Waals surface area contributed by atoms with Gasteiger partial charge in [-0.15, -0.1) is 0 Å². The SMILES string of the molecule is CN1CCCCC12CCC(C(C)(C)C)C2. The lowest BCUT2D eigenvalue weighted by Gasteiger charge is -2.44.